The summed E-state index contributed by atoms with van der Waals surface area (Å²) in [5.41, 5.74) is 0. The Bertz CT molecular complexity index is 138. The van der Waals surface area contributed by atoms with Gasteiger partial charge >= 0.3 is 0 Å². The first kappa shape index (κ1) is 7.93. The van der Waals surface area contributed by atoms with Gasteiger partial charge in [0, 0.05) is 0 Å². The Morgan fingerprint density at radius 3 is 2.82 bits per heavy atom. The zero-order valence-corrected chi connectivity index (χ0v) is 7.72. The van der Waals surface area contributed by atoms with Gasteiger partial charge in [-0.25, -0.2) is 0 Å². The van der Waals surface area contributed by atoms with Crippen molar-refractivity contribution in [2.45, 2.75) is 44.3 Å². The summed E-state index contributed by atoms with van der Waals surface area (Å²) in [6.45, 7) is 0. The van der Waals surface area contributed by atoms with Crippen LogP contribution in [-0.2, 0) is 4.74 Å². The van der Waals surface area contributed by atoms with Crippen LogP contribution in [0.4, 0.5) is 0 Å². The van der Waals surface area contributed by atoms with Crippen LogP contribution in [0.15, 0.2) is 0 Å². The first-order valence-electron chi connectivity index (χ1n) is 4.66. The molecule has 2 saturated heterocycles. The Morgan fingerprint density at radius 1 is 1.36 bits per heavy atom. The van der Waals surface area contributed by atoms with Crippen LogP contribution in [0, 0.1) is 5.92 Å². The highest BCUT2D eigenvalue weighted by atomic mass is 32.1. The van der Waals surface area contributed by atoms with Gasteiger partial charge in [-0.15, -0.1) is 0 Å². The first-order valence-corrected chi connectivity index (χ1v) is 5.29. The van der Waals surface area contributed by atoms with E-state index in [0.29, 0.717) is 12.2 Å². The van der Waals surface area contributed by atoms with Crippen LogP contribution >= 0.6 is 12.6 Å². The number of hydrogen-bond donors (Lipinski definition) is 1. The summed E-state index contributed by atoms with van der Waals surface area (Å²) in [7, 11) is 0. The van der Waals surface area contributed by atoms with E-state index < -0.39 is 0 Å². The molecule has 0 spiro atoms. The van der Waals surface area contributed by atoms with Crippen molar-refractivity contribution in [1.82, 2.24) is 0 Å². The Kier molecular flexibility index (Phi) is 2.42. The molecule has 2 bridgehead atoms. The zero-order valence-electron chi connectivity index (χ0n) is 6.83. The van der Waals surface area contributed by atoms with E-state index in [9.17, 15) is 0 Å². The van der Waals surface area contributed by atoms with Gasteiger partial charge in [0.05, 0.1) is 12.2 Å². The van der Waals surface area contributed by atoms with Gasteiger partial charge in [-0.3, -0.25) is 0 Å². The van der Waals surface area contributed by atoms with Crippen LogP contribution in [-0.4, -0.2) is 18.0 Å². The number of fused-ring (bicyclic) bond motifs is 2. The summed E-state index contributed by atoms with van der Waals surface area (Å²) < 4.78 is 5.76. The molecule has 3 atom stereocenters. The molecule has 2 aliphatic rings. The Labute approximate surface area is 73.9 Å². The minimum absolute atomic E-state index is 0.625. The maximum absolute atomic E-state index is 5.76. The van der Waals surface area contributed by atoms with E-state index in [4.69, 9.17) is 4.74 Å². The SMILES string of the molecule is SCCCC1CC2CCC1O2. The highest BCUT2D eigenvalue weighted by Crippen LogP contribution is 2.40. The highest BCUT2D eigenvalue weighted by molar-refractivity contribution is 7.80. The molecule has 0 saturated carbocycles. The minimum atomic E-state index is 0.625. The second kappa shape index (κ2) is 3.36. The molecule has 64 valence electrons. The second-order valence-corrected chi connectivity index (χ2v) is 4.18. The zero-order chi connectivity index (χ0) is 7.68. The fourth-order valence-electron chi connectivity index (χ4n) is 2.40. The monoisotopic (exact) mass is 172 g/mol. The van der Waals surface area contributed by atoms with Gasteiger partial charge in [0.15, 0.2) is 0 Å². The van der Waals surface area contributed by atoms with E-state index >= 15 is 0 Å². The third kappa shape index (κ3) is 1.57. The number of hydrogen-bond acceptors (Lipinski definition) is 2. The van der Waals surface area contributed by atoms with Crippen molar-refractivity contribution in [1.29, 1.82) is 0 Å². The summed E-state index contributed by atoms with van der Waals surface area (Å²) in [5.74, 6) is 1.91. The molecule has 3 unspecified atom stereocenters. The highest BCUT2D eigenvalue weighted by Gasteiger charge is 2.39. The maximum atomic E-state index is 5.76. The second-order valence-electron chi connectivity index (χ2n) is 3.74. The van der Waals surface area contributed by atoms with Gasteiger partial charge in [-0.05, 0) is 43.8 Å². The molecule has 11 heavy (non-hydrogen) atoms. The van der Waals surface area contributed by atoms with Crippen molar-refractivity contribution in [2.75, 3.05) is 5.75 Å². The van der Waals surface area contributed by atoms with Crippen LogP contribution in [0.1, 0.15) is 32.1 Å². The average molecular weight is 172 g/mol. The number of ether oxygens (including phenoxy) is 1. The van der Waals surface area contributed by atoms with Crippen molar-refractivity contribution in [3.05, 3.63) is 0 Å². The molecule has 1 nitrogen and oxygen atoms in total. The van der Waals surface area contributed by atoms with Crippen molar-refractivity contribution >= 4 is 12.6 Å². The van der Waals surface area contributed by atoms with Crippen molar-refractivity contribution in [3.8, 4) is 0 Å². The van der Waals surface area contributed by atoms with Crippen LogP contribution in [0.3, 0.4) is 0 Å². The predicted octanol–water partition coefficient (Wildman–Crippen LogP) is 2.26. The number of rotatable bonds is 3. The third-order valence-electron chi connectivity index (χ3n) is 2.96. The van der Waals surface area contributed by atoms with E-state index in [-0.39, 0.29) is 0 Å². The summed E-state index contributed by atoms with van der Waals surface area (Å²) in [5, 5.41) is 0. The largest absolute Gasteiger partial charge is 0.375 e. The van der Waals surface area contributed by atoms with Gasteiger partial charge in [-0.1, -0.05) is 0 Å². The number of thiol groups is 1. The lowest BCUT2D eigenvalue weighted by molar-refractivity contribution is 0.0912. The van der Waals surface area contributed by atoms with Crippen LogP contribution in [0.5, 0.6) is 0 Å². The van der Waals surface area contributed by atoms with Crippen molar-refractivity contribution in [3.63, 3.8) is 0 Å². The lowest BCUT2D eigenvalue weighted by atomic mass is 9.86. The van der Waals surface area contributed by atoms with E-state index in [0.717, 1.165) is 11.7 Å². The molecule has 0 aliphatic carbocycles. The molecule has 2 heterocycles. The molecule has 2 fully saturated rings. The quantitative estimate of drug-likeness (QED) is 0.642. The fourth-order valence-corrected chi connectivity index (χ4v) is 2.58. The minimum Gasteiger partial charge on any atom is -0.375 e. The lowest BCUT2D eigenvalue weighted by Gasteiger charge is -2.17. The Morgan fingerprint density at radius 2 is 2.27 bits per heavy atom. The molecule has 0 N–H and O–H groups in total. The Balaban J connectivity index is 1.78. The molecular weight excluding hydrogens is 156 g/mol. The summed E-state index contributed by atoms with van der Waals surface area (Å²) in [6.07, 6.45) is 7.83. The first-order chi connectivity index (χ1) is 5.40. The Hall–Kier alpha value is 0.310. The van der Waals surface area contributed by atoms with E-state index in [2.05, 4.69) is 12.6 Å². The molecule has 0 aromatic carbocycles. The molecule has 0 radical (unpaired) electrons. The normalized spacial score (nSPS) is 41.7. The molecule has 2 aliphatic heterocycles. The standard InChI is InChI=1S/C9H16OS/c11-5-1-2-7-6-8-3-4-9(7)10-8/h7-9,11H,1-6H2. The summed E-state index contributed by atoms with van der Waals surface area (Å²) in [4.78, 5) is 0. The average Bonchev–Trinajstić information content (AvgIpc) is 2.60. The van der Waals surface area contributed by atoms with E-state index in [1.54, 1.807) is 0 Å². The summed E-state index contributed by atoms with van der Waals surface area (Å²) in [6, 6.07) is 0. The van der Waals surface area contributed by atoms with E-state index in [1.165, 1.54) is 32.1 Å². The third-order valence-corrected chi connectivity index (χ3v) is 3.28. The molecule has 0 aromatic rings. The van der Waals surface area contributed by atoms with Gasteiger partial charge in [0.2, 0.25) is 0 Å². The van der Waals surface area contributed by atoms with Crippen LogP contribution in [0.25, 0.3) is 0 Å². The smallest absolute Gasteiger partial charge is 0.0609 e. The van der Waals surface area contributed by atoms with Crippen molar-refractivity contribution in [2.24, 2.45) is 5.92 Å². The predicted molar refractivity (Wildman–Crippen MR) is 49.1 cm³/mol. The van der Waals surface area contributed by atoms with Gasteiger partial charge in [0.25, 0.3) is 0 Å². The molecule has 2 rings (SSSR count). The van der Waals surface area contributed by atoms with Gasteiger partial charge < -0.3 is 4.74 Å². The molecular formula is C9H16OS. The molecule has 2 heteroatoms. The van der Waals surface area contributed by atoms with E-state index in [1.807, 2.05) is 0 Å². The molecule has 0 aromatic heterocycles. The maximum Gasteiger partial charge on any atom is 0.0609 e. The lowest BCUT2D eigenvalue weighted by Crippen LogP contribution is -2.16. The van der Waals surface area contributed by atoms with Gasteiger partial charge in [-0.2, -0.15) is 12.6 Å². The van der Waals surface area contributed by atoms with Gasteiger partial charge in [0.1, 0.15) is 0 Å². The van der Waals surface area contributed by atoms with Crippen LogP contribution < -0.4 is 0 Å². The molecule has 0 amide bonds. The topological polar surface area (TPSA) is 9.23 Å². The van der Waals surface area contributed by atoms with Crippen LogP contribution in [0.2, 0.25) is 0 Å². The fraction of sp³-hybridized carbons (Fsp3) is 1.00. The summed E-state index contributed by atoms with van der Waals surface area (Å²) >= 11 is 4.22. The van der Waals surface area contributed by atoms with Crippen molar-refractivity contribution < 1.29 is 4.74 Å².